The van der Waals surface area contributed by atoms with Crippen molar-refractivity contribution in [2.75, 3.05) is 23.0 Å². The van der Waals surface area contributed by atoms with E-state index in [4.69, 9.17) is 0 Å². The van der Waals surface area contributed by atoms with E-state index in [1.54, 1.807) is 42.1 Å². The summed E-state index contributed by atoms with van der Waals surface area (Å²) in [6.07, 6.45) is 1.95. The van der Waals surface area contributed by atoms with Crippen molar-refractivity contribution in [3.05, 3.63) is 53.0 Å². The van der Waals surface area contributed by atoms with Crippen molar-refractivity contribution in [3.63, 3.8) is 0 Å². The van der Waals surface area contributed by atoms with Crippen LogP contribution in [0, 0.1) is 0 Å². The van der Waals surface area contributed by atoms with E-state index in [-0.39, 0.29) is 12.5 Å². The van der Waals surface area contributed by atoms with Crippen molar-refractivity contribution in [2.24, 2.45) is 10.3 Å². The number of nitrogens with one attached hydrogen (secondary N) is 1. The second-order valence-electron chi connectivity index (χ2n) is 6.46. The number of halogens is 1. The molecule has 0 unspecified atom stereocenters. The summed E-state index contributed by atoms with van der Waals surface area (Å²) >= 11 is 4.90. The first-order valence-corrected chi connectivity index (χ1v) is 10.7. The van der Waals surface area contributed by atoms with Gasteiger partial charge in [0.2, 0.25) is 5.91 Å². The first kappa shape index (κ1) is 19.6. The highest BCUT2D eigenvalue weighted by Crippen LogP contribution is 2.32. The predicted molar refractivity (Wildman–Crippen MR) is 113 cm³/mol. The minimum atomic E-state index is -0.932. The van der Waals surface area contributed by atoms with Gasteiger partial charge in [-0.05, 0) is 48.7 Å². The highest BCUT2D eigenvalue weighted by atomic mass is 79.9. The van der Waals surface area contributed by atoms with Gasteiger partial charge in [-0.15, -0.1) is 11.8 Å². The molecule has 0 saturated carbocycles. The van der Waals surface area contributed by atoms with Crippen molar-refractivity contribution >= 4 is 56.8 Å². The van der Waals surface area contributed by atoms with Crippen LogP contribution in [0.15, 0.2) is 68.2 Å². The van der Waals surface area contributed by atoms with Crippen LogP contribution in [0.5, 0.6) is 0 Å². The Balaban J connectivity index is 1.47. The summed E-state index contributed by atoms with van der Waals surface area (Å²) in [5.74, 6) is -1.23. The quantitative estimate of drug-likeness (QED) is 0.531. The number of benzene rings is 2. The molecule has 2 aromatic rings. The molecular formula is C19H16BrN5O3S. The Morgan fingerprint density at radius 1 is 1.17 bits per heavy atom. The van der Waals surface area contributed by atoms with E-state index in [0.717, 1.165) is 14.3 Å². The summed E-state index contributed by atoms with van der Waals surface area (Å²) in [5.41, 5.74) is 1.12. The van der Waals surface area contributed by atoms with Crippen molar-refractivity contribution in [1.82, 2.24) is 5.01 Å². The third-order valence-corrected chi connectivity index (χ3v) is 5.86. The van der Waals surface area contributed by atoms with Gasteiger partial charge in [0.15, 0.2) is 12.1 Å². The fraction of sp³-hybridized carbons (Fsp3) is 0.211. The SMILES string of the molecule is CSc1cccc(NC(=O)CN2N=N[C@@H]3C(=O)N(c4ccc(Br)cc4)C(=O)[C@H]32)c1. The Labute approximate surface area is 179 Å². The molecule has 10 heteroatoms. The zero-order valence-corrected chi connectivity index (χ0v) is 17.7. The topological polar surface area (TPSA) is 94.4 Å². The molecular weight excluding hydrogens is 458 g/mol. The molecule has 0 aromatic heterocycles. The van der Waals surface area contributed by atoms with Gasteiger partial charge in [-0.1, -0.05) is 27.2 Å². The van der Waals surface area contributed by atoms with Gasteiger partial charge in [-0.2, -0.15) is 5.11 Å². The van der Waals surface area contributed by atoms with E-state index in [0.29, 0.717) is 11.4 Å². The van der Waals surface area contributed by atoms with Crippen LogP contribution in [-0.4, -0.2) is 47.6 Å². The summed E-state index contributed by atoms with van der Waals surface area (Å²) in [7, 11) is 0. The lowest BCUT2D eigenvalue weighted by Crippen LogP contribution is -2.43. The van der Waals surface area contributed by atoms with Gasteiger partial charge in [0, 0.05) is 15.1 Å². The normalized spacial score (nSPS) is 20.3. The fourth-order valence-corrected chi connectivity index (χ4v) is 3.97. The summed E-state index contributed by atoms with van der Waals surface area (Å²) in [4.78, 5) is 40.2. The summed E-state index contributed by atoms with van der Waals surface area (Å²) in [6.45, 7) is -0.179. The molecule has 8 nitrogen and oxygen atoms in total. The molecule has 0 aliphatic carbocycles. The predicted octanol–water partition coefficient (Wildman–Crippen LogP) is 3.10. The molecule has 2 aromatic carbocycles. The maximum atomic E-state index is 12.9. The summed E-state index contributed by atoms with van der Waals surface area (Å²) in [6, 6.07) is 12.4. The van der Waals surface area contributed by atoms with E-state index < -0.39 is 23.9 Å². The fourth-order valence-electron chi connectivity index (χ4n) is 3.25. The van der Waals surface area contributed by atoms with Crippen LogP contribution in [0.3, 0.4) is 0 Å². The maximum absolute atomic E-state index is 12.9. The Morgan fingerprint density at radius 2 is 1.93 bits per heavy atom. The van der Waals surface area contributed by atoms with Crippen molar-refractivity contribution in [3.8, 4) is 0 Å². The highest BCUT2D eigenvalue weighted by Gasteiger charge is 2.55. The molecule has 29 heavy (non-hydrogen) atoms. The number of carbonyl (C=O) groups excluding carboxylic acids is 3. The number of thioether (sulfide) groups is 1. The lowest BCUT2D eigenvalue weighted by atomic mass is 10.1. The maximum Gasteiger partial charge on any atom is 0.263 e. The molecule has 148 valence electrons. The Morgan fingerprint density at radius 3 is 2.66 bits per heavy atom. The van der Waals surface area contributed by atoms with Crippen LogP contribution >= 0.6 is 27.7 Å². The van der Waals surface area contributed by atoms with Crippen LogP contribution in [0.4, 0.5) is 11.4 Å². The smallest absolute Gasteiger partial charge is 0.263 e. The zero-order chi connectivity index (χ0) is 20.5. The minimum absolute atomic E-state index is 0.179. The first-order chi connectivity index (χ1) is 14.0. The Bertz CT molecular complexity index is 1010. The van der Waals surface area contributed by atoms with Gasteiger partial charge in [0.25, 0.3) is 11.8 Å². The number of hydrogen-bond donors (Lipinski definition) is 1. The van der Waals surface area contributed by atoms with Gasteiger partial charge < -0.3 is 5.32 Å². The number of anilines is 2. The number of imide groups is 1. The molecule has 2 heterocycles. The number of hydrogen-bond acceptors (Lipinski definition) is 7. The summed E-state index contributed by atoms with van der Waals surface area (Å²) < 4.78 is 0.837. The molecule has 0 bridgehead atoms. The number of rotatable bonds is 5. The summed E-state index contributed by atoms with van der Waals surface area (Å²) in [5, 5.41) is 11.9. The molecule has 2 aliphatic rings. The lowest BCUT2D eigenvalue weighted by Gasteiger charge is -2.20. The number of nitrogens with zero attached hydrogens (tertiary/aromatic N) is 4. The van der Waals surface area contributed by atoms with Crippen LogP contribution in [0.1, 0.15) is 0 Å². The average Bonchev–Trinajstić information content (AvgIpc) is 3.23. The van der Waals surface area contributed by atoms with E-state index in [1.165, 1.54) is 5.01 Å². The molecule has 3 amide bonds. The van der Waals surface area contributed by atoms with E-state index >= 15 is 0 Å². The van der Waals surface area contributed by atoms with E-state index in [9.17, 15) is 14.4 Å². The molecule has 2 atom stereocenters. The van der Waals surface area contributed by atoms with Gasteiger partial charge in [-0.25, -0.2) is 4.90 Å². The molecule has 0 radical (unpaired) electrons. The molecule has 1 fully saturated rings. The van der Waals surface area contributed by atoms with E-state index in [1.807, 2.05) is 24.5 Å². The van der Waals surface area contributed by atoms with Crippen molar-refractivity contribution < 1.29 is 14.4 Å². The van der Waals surface area contributed by atoms with Gasteiger partial charge in [-0.3, -0.25) is 19.4 Å². The second-order valence-corrected chi connectivity index (χ2v) is 8.26. The number of fused-ring (bicyclic) bond motifs is 1. The van der Waals surface area contributed by atoms with Gasteiger partial charge in [0.05, 0.1) is 5.69 Å². The zero-order valence-electron chi connectivity index (χ0n) is 15.3. The number of carbonyl (C=O) groups is 3. The van der Waals surface area contributed by atoms with Crippen molar-refractivity contribution in [2.45, 2.75) is 17.0 Å². The largest absolute Gasteiger partial charge is 0.324 e. The van der Waals surface area contributed by atoms with Crippen molar-refractivity contribution in [1.29, 1.82) is 0 Å². The van der Waals surface area contributed by atoms with Gasteiger partial charge in [0.1, 0.15) is 6.54 Å². The molecule has 1 N–H and O–H groups in total. The van der Waals surface area contributed by atoms with E-state index in [2.05, 4.69) is 31.6 Å². The third-order valence-electron chi connectivity index (χ3n) is 4.60. The monoisotopic (exact) mass is 473 g/mol. The van der Waals surface area contributed by atoms with Gasteiger partial charge >= 0.3 is 0 Å². The standard InChI is InChI=1S/C19H16BrN5O3S/c1-29-14-4-2-3-12(9-14)21-15(26)10-24-17-16(22-23-24)18(27)25(19(17)28)13-7-5-11(20)6-8-13/h2-9,16-17H,10H2,1H3,(H,21,26)/t16-,17-/m0/s1. The first-order valence-electron chi connectivity index (χ1n) is 8.72. The molecule has 4 rings (SSSR count). The highest BCUT2D eigenvalue weighted by molar-refractivity contribution is 9.10. The molecule has 2 aliphatic heterocycles. The van der Waals surface area contributed by atoms with Crippen LogP contribution in [0.2, 0.25) is 0 Å². The van der Waals surface area contributed by atoms with Crippen LogP contribution in [-0.2, 0) is 14.4 Å². The van der Waals surface area contributed by atoms with Crippen LogP contribution in [0.25, 0.3) is 0 Å². The Kier molecular flexibility index (Phi) is 5.37. The molecule has 0 spiro atoms. The minimum Gasteiger partial charge on any atom is -0.324 e. The molecule has 1 saturated heterocycles. The van der Waals surface area contributed by atoms with Crippen LogP contribution < -0.4 is 10.2 Å². The average molecular weight is 474 g/mol. The number of amides is 3. The Hall–Kier alpha value is -2.72. The lowest BCUT2D eigenvalue weighted by molar-refractivity contribution is -0.123. The third kappa shape index (κ3) is 3.77. The second kappa shape index (κ2) is 7.96.